The average Bonchev–Trinajstić information content (AvgIpc) is 2.75. The Kier molecular flexibility index (Phi) is 3.57. The molecule has 0 aromatic heterocycles. The van der Waals surface area contributed by atoms with Crippen molar-refractivity contribution in [1.29, 1.82) is 0 Å². The van der Waals surface area contributed by atoms with E-state index in [-0.39, 0.29) is 5.69 Å². The first-order valence-electron chi connectivity index (χ1n) is 5.66. The molecule has 0 aliphatic carbocycles. The van der Waals surface area contributed by atoms with Crippen LogP contribution in [-0.4, -0.2) is 26.7 Å². The Bertz CT molecular complexity index is 409. The van der Waals surface area contributed by atoms with E-state index >= 15 is 0 Å². The fraction of sp³-hybridized carbons (Fsp3) is 0.500. The van der Waals surface area contributed by atoms with Crippen LogP contribution in [0.2, 0.25) is 0 Å². The maximum Gasteiger partial charge on any atom is 0.196 e. The van der Waals surface area contributed by atoms with Gasteiger partial charge in [0.1, 0.15) is 0 Å². The topological polar surface area (TPSA) is 15.3 Å². The highest BCUT2D eigenvalue weighted by atomic mass is 19.2. The third-order valence-electron chi connectivity index (χ3n) is 3.13. The zero-order chi connectivity index (χ0) is 12.4. The molecule has 5 heteroatoms. The molecule has 1 saturated heterocycles. The lowest BCUT2D eigenvalue weighted by atomic mass is 10.1. The number of rotatable bonds is 3. The summed E-state index contributed by atoms with van der Waals surface area (Å²) in [4.78, 5) is 1.76. The van der Waals surface area contributed by atoms with E-state index in [1.165, 1.54) is 6.07 Å². The lowest BCUT2D eigenvalue weighted by molar-refractivity contribution is 0.446. The van der Waals surface area contributed by atoms with E-state index in [1.54, 1.807) is 4.90 Å². The van der Waals surface area contributed by atoms with Crippen LogP contribution < -0.4 is 10.2 Å². The predicted molar refractivity (Wildman–Crippen MR) is 60.6 cm³/mol. The smallest absolute Gasteiger partial charge is 0.196 e. The van der Waals surface area contributed by atoms with Crippen molar-refractivity contribution in [3.8, 4) is 0 Å². The van der Waals surface area contributed by atoms with Crippen molar-refractivity contribution >= 4 is 5.69 Å². The molecule has 1 N–H and O–H groups in total. The Morgan fingerprint density at radius 3 is 2.76 bits per heavy atom. The molecule has 1 unspecified atom stereocenters. The van der Waals surface area contributed by atoms with Gasteiger partial charge in [-0.25, -0.2) is 13.2 Å². The van der Waals surface area contributed by atoms with Gasteiger partial charge in [0.15, 0.2) is 17.5 Å². The molecule has 1 fully saturated rings. The third-order valence-corrected chi connectivity index (χ3v) is 3.13. The second-order valence-corrected chi connectivity index (χ2v) is 4.35. The molecule has 1 aliphatic heterocycles. The standard InChI is InChI=1S/C12H15F3N2/c1-16-6-8-4-5-17(7-8)10-3-2-9(13)11(14)12(10)15/h2-3,8,16H,4-7H2,1H3. The van der Waals surface area contributed by atoms with Gasteiger partial charge in [0.2, 0.25) is 0 Å². The average molecular weight is 244 g/mol. The van der Waals surface area contributed by atoms with Crippen molar-refractivity contribution in [2.75, 3.05) is 31.6 Å². The molecular weight excluding hydrogens is 229 g/mol. The fourth-order valence-corrected chi connectivity index (χ4v) is 2.27. The SMILES string of the molecule is CNCC1CCN(c2ccc(F)c(F)c2F)C1. The lowest BCUT2D eigenvalue weighted by Gasteiger charge is -2.19. The number of anilines is 1. The van der Waals surface area contributed by atoms with Crippen molar-refractivity contribution in [3.05, 3.63) is 29.6 Å². The predicted octanol–water partition coefficient (Wildman–Crippen LogP) is 2.15. The van der Waals surface area contributed by atoms with Crippen LogP contribution in [0.3, 0.4) is 0 Å². The van der Waals surface area contributed by atoms with Crippen LogP contribution in [0.1, 0.15) is 6.42 Å². The molecule has 2 rings (SSSR count). The summed E-state index contributed by atoms with van der Waals surface area (Å²) in [6, 6.07) is 2.27. The minimum absolute atomic E-state index is 0.155. The summed E-state index contributed by atoms with van der Waals surface area (Å²) in [5.74, 6) is -3.19. The number of hydrogen-bond donors (Lipinski definition) is 1. The minimum Gasteiger partial charge on any atom is -0.369 e. The van der Waals surface area contributed by atoms with Gasteiger partial charge in [0.25, 0.3) is 0 Å². The van der Waals surface area contributed by atoms with Gasteiger partial charge < -0.3 is 10.2 Å². The number of nitrogens with one attached hydrogen (secondary N) is 1. The third kappa shape index (κ3) is 2.39. The fourth-order valence-electron chi connectivity index (χ4n) is 2.27. The minimum atomic E-state index is -1.39. The molecule has 1 atom stereocenters. The quantitative estimate of drug-likeness (QED) is 0.820. The molecule has 0 radical (unpaired) electrons. The molecule has 1 aliphatic rings. The van der Waals surface area contributed by atoms with E-state index in [0.29, 0.717) is 19.0 Å². The van der Waals surface area contributed by atoms with Crippen LogP contribution >= 0.6 is 0 Å². The van der Waals surface area contributed by atoms with E-state index in [2.05, 4.69) is 5.32 Å². The Morgan fingerprint density at radius 1 is 1.29 bits per heavy atom. The molecule has 94 valence electrons. The highest BCUT2D eigenvalue weighted by molar-refractivity contribution is 5.49. The van der Waals surface area contributed by atoms with Gasteiger partial charge in [0, 0.05) is 13.1 Å². The van der Waals surface area contributed by atoms with Crippen molar-refractivity contribution < 1.29 is 13.2 Å². The van der Waals surface area contributed by atoms with Crippen molar-refractivity contribution in [1.82, 2.24) is 5.32 Å². The second-order valence-electron chi connectivity index (χ2n) is 4.35. The molecule has 1 aromatic rings. The molecule has 1 aromatic carbocycles. The van der Waals surface area contributed by atoms with Crippen LogP contribution in [0.5, 0.6) is 0 Å². The zero-order valence-electron chi connectivity index (χ0n) is 9.64. The summed E-state index contributed by atoms with van der Waals surface area (Å²) < 4.78 is 39.5. The first kappa shape index (κ1) is 12.2. The first-order chi connectivity index (χ1) is 8.13. The van der Waals surface area contributed by atoms with Crippen molar-refractivity contribution in [2.45, 2.75) is 6.42 Å². The number of benzene rings is 1. The molecule has 1 heterocycles. The summed E-state index contributed by atoms with van der Waals surface area (Å²) in [6.07, 6.45) is 0.930. The monoisotopic (exact) mass is 244 g/mol. The first-order valence-corrected chi connectivity index (χ1v) is 5.66. The Hall–Kier alpha value is -1.23. The maximum atomic E-state index is 13.6. The summed E-state index contributed by atoms with van der Waals surface area (Å²) >= 11 is 0. The normalized spacial score (nSPS) is 20.0. The molecule has 0 saturated carbocycles. The summed E-state index contributed by atoms with van der Waals surface area (Å²) in [6.45, 7) is 2.19. The Balaban J connectivity index is 2.16. The summed E-state index contributed by atoms with van der Waals surface area (Å²) in [5, 5.41) is 3.06. The van der Waals surface area contributed by atoms with Crippen LogP contribution in [-0.2, 0) is 0 Å². The van der Waals surface area contributed by atoms with E-state index < -0.39 is 17.5 Å². The van der Waals surface area contributed by atoms with Gasteiger partial charge in [0.05, 0.1) is 5.69 Å². The summed E-state index contributed by atoms with van der Waals surface area (Å²) in [7, 11) is 1.86. The zero-order valence-corrected chi connectivity index (χ0v) is 9.64. The van der Waals surface area contributed by atoms with E-state index in [4.69, 9.17) is 0 Å². The van der Waals surface area contributed by atoms with Gasteiger partial charge in [-0.15, -0.1) is 0 Å². The van der Waals surface area contributed by atoms with E-state index in [9.17, 15) is 13.2 Å². The van der Waals surface area contributed by atoms with E-state index in [1.807, 2.05) is 7.05 Å². The van der Waals surface area contributed by atoms with Crippen molar-refractivity contribution in [2.24, 2.45) is 5.92 Å². The molecule has 0 bridgehead atoms. The highest BCUT2D eigenvalue weighted by Gasteiger charge is 2.25. The van der Waals surface area contributed by atoms with Gasteiger partial charge >= 0.3 is 0 Å². The van der Waals surface area contributed by atoms with Crippen LogP contribution in [0.4, 0.5) is 18.9 Å². The molecule has 17 heavy (non-hydrogen) atoms. The van der Waals surface area contributed by atoms with Gasteiger partial charge in [-0.05, 0) is 38.1 Å². The molecule has 0 amide bonds. The van der Waals surface area contributed by atoms with Gasteiger partial charge in [-0.1, -0.05) is 0 Å². The second kappa shape index (κ2) is 4.96. The van der Waals surface area contributed by atoms with Crippen molar-refractivity contribution in [3.63, 3.8) is 0 Å². The number of nitrogens with zero attached hydrogens (tertiary/aromatic N) is 1. The largest absolute Gasteiger partial charge is 0.369 e. The summed E-state index contributed by atoms with van der Waals surface area (Å²) in [5.41, 5.74) is 0.155. The Labute approximate surface area is 98.4 Å². The molecular formula is C12H15F3N2. The maximum absolute atomic E-state index is 13.6. The highest BCUT2D eigenvalue weighted by Crippen LogP contribution is 2.28. The van der Waals surface area contributed by atoms with Crippen LogP contribution in [0.15, 0.2) is 12.1 Å². The van der Waals surface area contributed by atoms with Crippen LogP contribution in [0.25, 0.3) is 0 Å². The number of halogens is 3. The van der Waals surface area contributed by atoms with Gasteiger partial charge in [-0.3, -0.25) is 0 Å². The number of hydrogen-bond acceptors (Lipinski definition) is 2. The van der Waals surface area contributed by atoms with Gasteiger partial charge in [-0.2, -0.15) is 0 Å². The lowest BCUT2D eigenvalue weighted by Crippen LogP contribution is -2.25. The molecule has 2 nitrogen and oxygen atoms in total. The van der Waals surface area contributed by atoms with Crippen LogP contribution in [0, 0.1) is 23.4 Å². The molecule has 0 spiro atoms. The van der Waals surface area contributed by atoms with E-state index in [0.717, 1.165) is 19.0 Å². The Morgan fingerprint density at radius 2 is 2.06 bits per heavy atom.